The molecule has 5 amide bonds. The molecule has 0 spiro atoms. The highest BCUT2D eigenvalue weighted by Gasteiger charge is 2.38. The fourth-order valence-corrected chi connectivity index (χ4v) is 5.32. The van der Waals surface area contributed by atoms with Crippen molar-refractivity contribution in [2.24, 2.45) is 11.8 Å². The van der Waals surface area contributed by atoms with Crippen LogP contribution in [0.5, 0.6) is 0 Å². The molecule has 3 heterocycles. The molecule has 0 radical (unpaired) electrons. The first-order chi connectivity index (χ1) is 18.5. The van der Waals surface area contributed by atoms with Crippen molar-refractivity contribution < 1.29 is 42.2 Å². The third kappa shape index (κ3) is 7.20. The van der Waals surface area contributed by atoms with Crippen molar-refractivity contribution in [3.05, 3.63) is 29.3 Å². The average Bonchev–Trinajstić information content (AvgIpc) is 2.90. The highest BCUT2D eigenvalue weighted by atomic mass is 19.4. The number of carbonyl (C=O) groups excluding carboxylic acids is 3. The van der Waals surface area contributed by atoms with Crippen molar-refractivity contribution in [2.75, 3.05) is 50.8 Å². The summed E-state index contributed by atoms with van der Waals surface area (Å²) in [6.45, 7) is 2.93. The summed E-state index contributed by atoms with van der Waals surface area (Å²) in [6, 6.07) is 2.06. The first-order valence-corrected chi connectivity index (χ1v) is 13.2. The Kier molecular flexibility index (Phi) is 8.98. The third-order valence-corrected chi connectivity index (χ3v) is 7.71. The number of alkyl halides is 3. The maximum Gasteiger partial charge on any atom is 0.418 e. The maximum atomic E-state index is 13.7. The molecule has 3 saturated heterocycles. The molecule has 3 aliphatic rings. The number of carbonyl (C=O) groups is 4. The number of benzene rings is 1. The Morgan fingerprint density at radius 1 is 0.974 bits per heavy atom. The summed E-state index contributed by atoms with van der Waals surface area (Å²) in [4.78, 5) is 51.7. The number of carboxylic acid groups (broad SMARTS) is 1. The summed E-state index contributed by atoms with van der Waals surface area (Å²) in [5.74, 6) is -0.263. The van der Waals surface area contributed by atoms with Gasteiger partial charge in [0.25, 0.3) is 5.91 Å². The summed E-state index contributed by atoms with van der Waals surface area (Å²) >= 11 is 0. The van der Waals surface area contributed by atoms with Crippen LogP contribution < -0.4 is 10.2 Å². The number of hydrogen-bond donors (Lipinski definition) is 2. The van der Waals surface area contributed by atoms with Crippen molar-refractivity contribution in [3.63, 3.8) is 0 Å². The van der Waals surface area contributed by atoms with Crippen LogP contribution >= 0.6 is 0 Å². The summed E-state index contributed by atoms with van der Waals surface area (Å²) < 4.78 is 46.8. The first-order valence-electron chi connectivity index (χ1n) is 13.2. The van der Waals surface area contributed by atoms with Gasteiger partial charge in [-0.25, -0.2) is 9.59 Å². The molecule has 1 aromatic carbocycles. The number of anilines is 1. The lowest BCUT2D eigenvalue weighted by molar-refractivity contribution is -0.137. The predicted octanol–water partition coefficient (Wildman–Crippen LogP) is 3.80. The van der Waals surface area contributed by atoms with Gasteiger partial charge in [0.1, 0.15) is 0 Å². The first kappa shape index (κ1) is 28.7. The second-order valence-corrected chi connectivity index (χ2v) is 10.3. The van der Waals surface area contributed by atoms with Crippen LogP contribution in [0, 0.1) is 11.8 Å². The van der Waals surface area contributed by atoms with Crippen LogP contribution in [-0.4, -0.2) is 84.8 Å². The lowest BCUT2D eigenvalue weighted by atomic mass is 9.94. The number of ether oxygens (including phenoxy) is 1. The van der Waals surface area contributed by atoms with Gasteiger partial charge in [-0.3, -0.25) is 19.8 Å². The van der Waals surface area contributed by atoms with E-state index in [0.717, 1.165) is 42.4 Å². The molecule has 3 aliphatic heterocycles. The molecule has 214 valence electrons. The molecular formula is C26H33F3N4O6. The van der Waals surface area contributed by atoms with Gasteiger partial charge in [0.15, 0.2) is 0 Å². The Bertz CT molecular complexity index is 1080. The zero-order valence-corrected chi connectivity index (χ0v) is 21.5. The fourth-order valence-electron chi connectivity index (χ4n) is 5.32. The number of imide groups is 1. The summed E-state index contributed by atoms with van der Waals surface area (Å²) in [6.07, 6.45) is -1.80. The van der Waals surface area contributed by atoms with Gasteiger partial charge < -0.3 is 19.6 Å². The molecule has 0 atom stereocenters. The summed E-state index contributed by atoms with van der Waals surface area (Å²) in [5, 5.41) is 11.1. The molecule has 0 aromatic heterocycles. The Balaban J connectivity index is 1.27. The molecule has 0 bridgehead atoms. The average molecular weight is 555 g/mol. The van der Waals surface area contributed by atoms with Crippen molar-refractivity contribution in [1.82, 2.24) is 15.1 Å². The van der Waals surface area contributed by atoms with E-state index in [2.05, 4.69) is 0 Å². The van der Waals surface area contributed by atoms with Gasteiger partial charge in [-0.2, -0.15) is 13.2 Å². The zero-order valence-electron chi connectivity index (χ0n) is 21.5. The quantitative estimate of drug-likeness (QED) is 0.495. The maximum absolute atomic E-state index is 13.7. The van der Waals surface area contributed by atoms with Crippen LogP contribution in [0.2, 0.25) is 0 Å². The number of piperidine rings is 2. The topological polar surface area (TPSA) is 119 Å². The monoisotopic (exact) mass is 554 g/mol. The van der Waals surface area contributed by atoms with E-state index in [0.29, 0.717) is 58.2 Å². The molecule has 13 heteroatoms. The number of amides is 5. The van der Waals surface area contributed by atoms with Crippen LogP contribution in [-0.2, 0) is 15.7 Å². The smallest absolute Gasteiger partial charge is 0.418 e. The van der Waals surface area contributed by atoms with Crippen LogP contribution in [0.4, 0.5) is 28.4 Å². The molecule has 10 nitrogen and oxygen atoms in total. The Morgan fingerprint density at radius 3 is 2.23 bits per heavy atom. The van der Waals surface area contributed by atoms with E-state index < -0.39 is 41.4 Å². The van der Waals surface area contributed by atoms with Crippen LogP contribution in [0.1, 0.15) is 54.4 Å². The van der Waals surface area contributed by atoms with Gasteiger partial charge in [-0.05, 0) is 62.1 Å². The van der Waals surface area contributed by atoms with E-state index in [1.54, 1.807) is 4.90 Å². The molecule has 3 fully saturated rings. The largest absolute Gasteiger partial charge is 0.465 e. The van der Waals surface area contributed by atoms with Gasteiger partial charge in [0.2, 0.25) is 5.91 Å². The molecular weight excluding hydrogens is 521 g/mol. The van der Waals surface area contributed by atoms with Gasteiger partial charge in [0.05, 0.1) is 11.3 Å². The minimum absolute atomic E-state index is 0.0475. The third-order valence-electron chi connectivity index (χ3n) is 7.71. The van der Waals surface area contributed by atoms with E-state index in [1.807, 2.05) is 5.32 Å². The van der Waals surface area contributed by atoms with Crippen LogP contribution in [0.25, 0.3) is 0 Å². The van der Waals surface area contributed by atoms with Crippen molar-refractivity contribution in [2.45, 2.75) is 44.7 Å². The second-order valence-electron chi connectivity index (χ2n) is 10.3. The number of rotatable bonds is 7. The number of urea groups is 1. The second kappa shape index (κ2) is 12.2. The molecule has 0 aliphatic carbocycles. The van der Waals surface area contributed by atoms with E-state index in [-0.39, 0.29) is 24.4 Å². The van der Waals surface area contributed by atoms with Crippen molar-refractivity contribution in [1.29, 1.82) is 0 Å². The minimum atomic E-state index is -4.74. The lowest BCUT2D eigenvalue weighted by Gasteiger charge is -2.33. The van der Waals surface area contributed by atoms with E-state index in [4.69, 9.17) is 9.84 Å². The van der Waals surface area contributed by atoms with Crippen LogP contribution in [0.3, 0.4) is 0 Å². The van der Waals surface area contributed by atoms with Gasteiger partial charge in [-0.15, -0.1) is 0 Å². The van der Waals surface area contributed by atoms with Crippen LogP contribution in [0.15, 0.2) is 18.2 Å². The van der Waals surface area contributed by atoms with E-state index in [9.17, 15) is 32.3 Å². The van der Waals surface area contributed by atoms with Gasteiger partial charge >= 0.3 is 18.3 Å². The minimum Gasteiger partial charge on any atom is -0.465 e. The highest BCUT2D eigenvalue weighted by molar-refractivity contribution is 6.06. The normalized spacial score (nSPS) is 19.8. The number of likely N-dealkylation sites (tertiary alicyclic amines) is 2. The number of halogens is 3. The Labute approximate surface area is 224 Å². The van der Waals surface area contributed by atoms with Crippen molar-refractivity contribution in [3.8, 4) is 0 Å². The number of nitrogens with zero attached hydrogens (tertiary/aromatic N) is 3. The van der Waals surface area contributed by atoms with Gasteiger partial charge in [0, 0.05) is 57.9 Å². The predicted molar refractivity (Wildman–Crippen MR) is 133 cm³/mol. The molecule has 0 unspecified atom stereocenters. The molecule has 2 N–H and O–H groups in total. The van der Waals surface area contributed by atoms with Gasteiger partial charge in [-0.1, -0.05) is 0 Å². The van der Waals surface area contributed by atoms with Crippen molar-refractivity contribution >= 4 is 29.6 Å². The Hall–Kier alpha value is -3.35. The molecule has 0 saturated carbocycles. The summed E-state index contributed by atoms with van der Waals surface area (Å²) in [5.41, 5.74) is -1.45. The molecule has 39 heavy (non-hydrogen) atoms. The Morgan fingerprint density at radius 2 is 1.62 bits per heavy atom. The zero-order chi connectivity index (χ0) is 28.2. The number of nitrogens with one attached hydrogen (secondary N) is 1. The highest BCUT2D eigenvalue weighted by Crippen LogP contribution is 2.38. The standard InChI is InChI=1S/C26H33F3N4O6/c27-26(28,29)20-2-1-19(15-21(20)33-13-7-22(34)30-24(33)36)23(35)31-9-5-18(6-10-31)16-39-14-8-17-3-11-32(12-4-17)25(37)38/h1-2,15,17-18H,3-14,16H2,(H,37,38)(H,30,34,36). The summed E-state index contributed by atoms with van der Waals surface area (Å²) in [7, 11) is 0. The molecule has 4 rings (SSSR count). The number of hydrogen-bond acceptors (Lipinski definition) is 5. The SMILES string of the molecule is O=C1CCN(c2cc(C(=O)N3CCC(COCCC4CCN(C(=O)O)CC4)CC3)ccc2C(F)(F)F)C(=O)N1. The molecule has 1 aromatic rings. The van der Waals surface area contributed by atoms with E-state index >= 15 is 0 Å². The fraction of sp³-hybridized carbons (Fsp3) is 0.615. The lowest BCUT2D eigenvalue weighted by Crippen LogP contribution is -2.50. The van der Waals surface area contributed by atoms with E-state index in [1.165, 1.54) is 4.90 Å².